The van der Waals surface area contributed by atoms with Crippen molar-refractivity contribution in [1.82, 2.24) is 5.32 Å². The van der Waals surface area contributed by atoms with Gasteiger partial charge in [-0.3, -0.25) is 9.79 Å². The lowest BCUT2D eigenvalue weighted by Gasteiger charge is -2.24. The summed E-state index contributed by atoms with van der Waals surface area (Å²) < 4.78 is 48.2. The van der Waals surface area contributed by atoms with Gasteiger partial charge in [0.05, 0.1) is 19.2 Å². The molecule has 2 heterocycles. The monoisotopic (exact) mass is 435 g/mol. The third-order valence-electron chi connectivity index (χ3n) is 4.15. The molecular formula is C17H20F3N3O5S. The summed E-state index contributed by atoms with van der Waals surface area (Å²) in [5.41, 5.74) is -1.89. The normalized spacial score (nSPS) is 20.9. The quantitative estimate of drug-likeness (QED) is 0.387. The molecule has 0 saturated heterocycles. The van der Waals surface area contributed by atoms with Gasteiger partial charge in [0.25, 0.3) is 0 Å². The average molecular weight is 435 g/mol. The van der Waals surface area contributed by atoms with Crippen molar-refractivity contribution in [3.63, 3.8) is 0 Å². The molecule has 1 aromatic heterocycles. The number of thioether (sulfide) groups is 1. The van der Waals surface area contributed by atoms with Gasteiger partial charge in [0, 0.05) is 18.2 Å². The summed E-state index contributed by atoms with van der Waals surface area (Å²) in [6.45, 7) is 3.02. The van der Waals surface area contributed by atoms with Gasteiger partial charge in [0.1, 0.15) is 27.8 Å². The fraction of sp³-hybridized carbons (Fsp3) is 0.529. The van der Waals surface area contributed by atoms with Gasteiger partial charge < -0.3 is 19.7 Å². The van der Waals surface area contributed by atoms with Crippen molar-refractivity contribution in [2.45, 2.75) is 44.4 Å². The number of alkyl halides is 3. The Morgan fingerprint density at radius 3 is 2.79 bits per heavy atom. The van der Waals surface area contributed by atoms with Crippen LogP contribution in [0.5, 0.6) is 5.75 Å². The highest BCUT2D eigenvalue weighted by molar-refractivity contribution is 8.16. The van der Waals surface area contributed by atoms with E-state index in [1.54, 1.807) is 0 Å². The maximum absolute atomic E-state index is 12.8. The Kier molecular flexibility index (Phi) is 6.98. The minimum absolute atomic E-state index is 0.0974. The standard InChI is InChI=1S/C17H20F3N3O5S/c1-9(23-26)14-22-16(2,8-29-14)15(25)21-11(4-5-17(18,19)20)12-6-10(27-3)7-13(24)28-12/h6-7,11,26H,4-5,8H2,1-3H3,(H,21,25)/b23-9+/t11-,16+/m1/s1. The average Bonchev–Trinajstić information content (AvgIpc) is 3.06. The van der Waals surface area contributed by atoms with Crippen LogP contribution in [0.3, 0.4) is 0 Å². The molecule has 0 aromatic carbocycles. The summed E-state index contributed by atoms with van der Waals surface area (Å²) >= 11 is 1.18. The Balaban J connectivity index is 2.30. The first-order chi connectivity index (χ1) is 13.5. The molecule has 12 heteroatoms. The zero-order chi connectivity index (χ0) is 21.8. The number of carbonyl (C=O) groups excluding carboxylic acids is 1. The molecule has 1 aliphatic rings. The van der Waals surface area contributed by atoms with E-state index in [0.29, 0.717) is 5.04 Å². The van der Waals surface area contributed by atoms with E-state index < -0.39 is 42.1 Å². The zero-order valence-electron chi connectivity index (χ0n) is 15.9. The highest BCUT2D eigenvalue weighted by Crippen LogP contribution is 2.32. The van der Waals surface area contributed by atoms with Gasteiger partial charge in [-0.25, -0.2) is 4.79 Å². The Morgan fingerprint density at radius 1 is 1.52 bits per heavy atom. The number of amides is 1. The van der Waals surface area contributed by atoms with E-state index in [-0.39, 0.29) is 23.0 Å². The highest BCUT2D eigenvalue weighted by atomic mass is 32.2. The highest BCUT2D eigenvalue weighted by Gasteiger charge is 2.40. The second kappa shape index (κ2) is 8.89. The van der Waals surface area contributed by atoms with Crippen LogP contribution in [0.1, 0.15) is 38.5 Å². The Hall–Kier alpha value is -2.50. The van der Waals surface area contributed by atoms with E-state index >= 15 is 0 Å². The van der Waals surface area contributed by atoms with Crippen LogP contribution in [-0.2, 0) is 4.79 Å². The number of ether oxygens (including phenoxy) is 1. The molecule has 1 aliphatic heterocycles. The molecule has 160 valence electrons. The molecule has 0 fully saturated rings. The predicted octanol–water partition coefficient (Wildman–Crippen LogP) is 2.90. The van der Waals surface area contributed by atoms with E-state index in [4.69, 9.17) is 14.4 Å². The molecule has 1 amide bonds. The number of hydrogen-bond acceptors (Lipinski definition) is 8. The molecule has 2 N–H and O–H groups in total. The fourth-order valence-corrected chi connectivity index (χ4v) is 3.64. The lowest BCUT2D eigenvalue weighted by molar-refractivity contribution is -0.139. The van der Waals surface area contributed by atoms with Gasteiger partial charge in [-0.1, -0.05) is 5.16 Å². The maximum atomic E-state index is 12.8. The van der Waals surface area contributed by atoms with Crippen molar-refractivity contribution < 1.29 is 32.3 Å². The Labute approximate surface area is 168 Å². The van der Waals surface area contributed by atoms with E-state index in [0.717, 1.165) is 6.07 Å². The van der Waals surface area contributed by atoms with Gasteiger partial charge in [0.2, 0.25) is 5.91 Å². The number of nitrogens with zero attached hydrogens (tertiary/aromatic N) is 2. The van der Waals surface area contributed by atoms with Gasteiger partial charge in [0.15, 0.2) is 0 Å². The van der Waals surface area contributed by atoms with Crippen molar-refractivity contribution in [2.75, 3.05) is 12.9 Å². The van der Waals surface area contributed by atoms with Crippen molar-refractivity contribution in [3.05, 3.63) is 28.3 Å². The molecule has 0 bridgehead atoms. The van der Waals surface area contributed by atoms with Crippen molar-refractivity contribution >= 4 is 28.4 Å². The number of aliphatic imine (C=N–C) groups is 1. The fourth-order valence-electron chi connectivity index (χ4n) is 2.51. The summed E-state index contributed by atoms with van der Waals surface area (Å²) in [4.78, 5) is 28.7. The molecule has 1 aromatic rings. The molecule has 2 atom stereocenters. The van der Waals surface area contributed by atoms with E-state index in [1.165, 1.54) is 38.8 Å². The Morgan fingerprint density at radius 2 is 2.21 bits per heavy atom. The molecule has 0 spiro atoms. The SMILES string of the molecule is COc1cc([C@@H](CCC(F)(F)F)NC(=O)[C@]2(C)CSC(/C(C)=N/O)=N2)oc(=O)c1. The number of halogens is 3. The summed E-state index contributed by atoms with van der Waals surface area (Å²) in [6, 6.07) is 1.07. The van der Waals surface area contributed by atoms with Gasteiger partial charge >= 0.3 is 11.8 Å². The van der Waals surface area contributed by atoms with Crippen LogP contribution in [0.2, 0.25) is 0 Å². The molecule has 0 unspecified atom stereocenters. The summed E-state index contributed by atoms with van der Waals surface area (Å²) in [5, 5.41) is 14.7. The number of hydrogen-bond donors (Lipinski definition) is 2. The number of rotatable bonds is 7. The van der Waals surface area contributed by atoms with Crippen LogP contribution in [-0.4, -0.2) is 46.4 Å². The third kappa shape index (κ3) is 5.99. The summed E-state index contributed by atoms with van der Waals surface area (Å²) in [6.07, 6.45) is -6.20. The first-order valence-corrected chi connectivity index (χ1v) is 9.44. The molecule has 0 radical (unpaired) electrons. The van der Waals surface area contributed by atoms with Crippen molar-refractivity contribution in [1.29, 1.82) is 0 Å². The van der Waals surface area contributed by atoms with Gasteiger partial charge in [-0.05, 0) is 20.3 Å². The van der Waals surface area contributed by atoms with Crippen LogP contribution in [0.4, 0.5) is 13.2 Å². The lowest BCUT2D eigenvalue weighted by Crippen LogP contribution is -2.45. The molecule has 0 aliphatic carbocycles. The predicted molar refractivity (Wildman–Crippen MR) is 101 cm³/mol. The maximum Gasteiger partial charge on any atom is 0.389 e. The van der Waals surface area contributed by atoms with Crippen LogP contribution < -0.4 is 15.7 Å². The molecular weight excluding hydrogens is 415 g/mol. The first-order valence-electron chi connectivity index (χ1n) is 8.46. The number of oxime groups is 1. The van der Waals surface area contributed by atoms with E-state index in [2.05, 4.69) is 15.5 Å². The topological polar surface area (TPSA) is 113 Å². The number of carbonyl (C=O) groups is 1. The summed E-state index contributed by atoms with van der Waals surface area (Å²) in [7, 11) is 1.29. The number of nitrogens with one attached hydrogen (secondary N) is 1. The molecule has 8 nitrogen and oxygen atoms in total. The van der Waals surface area contributed by atoms with Gasteiger partial charge in [-0.15, -0.1) is 11.8 Å². The second-order valence-electron chi connectivity index (χ2n) is 6.56. The molecule has 29 heavy (non-hydrogen) atoms. The third-order valence-corrected chi connectivity index (χ3v) is 5.52. The van der Waals surface area contributed by atoms with Crippen molar-refractivity contribution in [2.24, 2.45) is 10.1 Å². The lowest BCUT2D eigenvalue weighted by atomic mass is 10.0. The van der Waals surface area contributed by atoms with Crippen molar-refractivity contribution in [3.8, 4) is 5.75 Å². The minimum Gasteiger partial charge on any atom is -0.496 e. The van der Waals surface area contributed by atoms with Crippen LogP contribution in [0.15, 0.2) is 31.5 Å². The van der Waals surface area contributed by atoms with E-state index in [1.807, 2.05) is 0 Å². The zero-order valence-corrected chi connectivity index (χ0v) is 16.7. The van der Waals surface area contributed by atoms with Crippen LogP contribution in [0, 0.1) is 0 Å². The van der Waals surface area contributed by atoms with Crippen LogP contribution >= 0.6 is 11.8 Å². The summed E-state index contributed by atoms with van der Waals surface area (Å²) in [5.74, 6) is -0.503. The van der Waals surface area contributed by atoms with Gasteiger partial charge in [-0.2, -0.15) is 13.2 Å². The van der Waals surface area contributed by atoms with Crippen LogP contribution in [0.25, 0.3) is 0 Å². The second-order valence-corrected chi connectivity index (χ2v) is 7.53. The Bertz CT molecular complexity index is 884. The molecule has 0 saturated carbocycles. The minimum atomic E-state index is -4.46. The first kappa shape index (κ1) is 22.8. The largest absolute Gasteiger partial charge is 0.496 e. The smallest absolute Gasteiger partial charge is 0.389 e. The number of methoxy groups -OCH3 is 1. The van der Waals surface area contributed by atoms with E-state index in [9.17, 15) is 22.8 Å². The molecule has 2 rings (SSSR count).